The zero-order valence-electron chi connectivity index (χ0n) is 18.8. The summed E-state index contributed by atoms with van der Waals surface area (Å²) in [7, 11) is 1.55. The van der Waals surface area contributed by atoms with Gasteiger partial charge in [0.1, 0.15) is 12.6 Å². The van der Waals surface area contributed by atoms with Gasteiger partial charge in [0.05, 0.1) is 23.8 Å². The van der Waals surface area contributed by atoms with E-state index in [0.29, 0.717) is 56.8 Å². The molecule has 2 aromatic carbocycles. The van der Waals surface area contributed by atoms with Crippen molar-refractivity contribution in [3.63, 3.8) is 0 Å². The number of benzene rings is 2. The largest absolute Gasteiger partial charge is 0.493 e. The average Bonchev–Trinajstić information content (AvgIpc) is 3.29. The first-order valence-electron chi connectivity index (χ1n) is 10.6. The molecule has 2 heterocycles. The Balaban J connectivity index is 1.73. The maximum atomic E-state index is 13.0. The minimum absolute atomic E-state index is 0.256. The van der Waals surface area contributed by atoms with Crippen molar-refractivity contribution in [2.75, 3.05) is 19.0 Å². The van der Waals surface area contributed by atoms with Crippen molar-refractivity contribution < 1.29 is 19.0 Å². The van der Waals surface area contributed by atoms with Gasteiger partial charge in [0.2, 0.25) is 5.95 Å². The van der Waals surface area contributed by atoms with Crippen LogP contribution in [0.1, 0.15) is 37.4 Å². The van der Waals surface area contributed by atoms with Crippen molar-refractivity contribution in [1.82, 2.24) is 20.2 Å². The Bertz CT molecular complexity index is 1250. The molecule has 1 atom stereocenters. The number of ether oxygens (including phenoxy) is 3. The Labute approximate surface area is 210 Å². The summed E-state index contributed by atoms with van der Waals surface area (Å²) >= 11 is 9.86. The lowest BCUT2D eigenvalue weighted by Gasteiger charge is -2.28. The summed E-state index contributed by atoms with van der Waals surface area (Å²) in [6, 6.07) is 10.5. The monoisotopic (exact) mass is 547 g/mol. The number of methoxy groups -OCH3 is 1. The second-order valence-corrected chi connectivity index (χ2v) is 8.82. The molecule has 0 saturated carbocycles. The van der Waals surface area contributed by atoms with Gasteiger partial charge in [-0.1, -0.05) is 41.8 Å². The van der Waals surface area contributed by atoms with E-state index in [0.717, 1.165) is 5.56 Å². The van der Waals surface area contributed by atoms with Gasteiger partial charge in [-0.3, -0.25) is 0 Å². The predicted molar refractivity (Wildman–Crippen MR) is 130 cm³/mol. The summed E-state index contributed by atoms with van der Waals surface area (Å²) in [5, 5.41) is 15.6. The zero-order chi connectivity index (χ0) is 24.2. The first-order valence-corrected chi connectivity index (χ1v) is 11.8. The molecule has 0 saturated heterocycles. The van der Waals surface area contributed by atoms with Crippen molar-refractivity contribution in [3.05, 3.63) is 68.3 Å². The smallest absolute Gasteiger partial charge is 0.338 e. The van der Waals surface area contributed by atoms with Crippen LogP contribution in [-0.2, 0) is 16.1 Å². The molecule has 9 nitrogen and oxygen atoms in total. The highest BCUT2D eigenvalue weighted by Gasteiger charge is 2.36. The quantitative estimate of drug-likeness (QED) is 0.396. The Morgan fingerprint density at radius 3 is 2.82 bits per heavy atom. The van der Waals surface area contributed by atoms with Gasteiger partial charge in [-0.2, -0.15) is 4.68 Å². The van der Waals surface area contributed by atoms with Gasteiger partial charge < -0.3 is 19.5 Å². The lowest BCUT2D eigenvalue weighted by atomic mass is 9.95. The molecule has 1 aliphatic heterocycles. The predicted octanol–water partition coefficient (Wildman–Crippen LogP) is 4.92. The van der Waals surface area contributed by atoms with Crippen LogP contribution in [0, 0.1) is 0 Å². The molecular weight excluding hydrogens is 526 g/mol. The molecule has 0 amide bonds. The number of carbonyl (C=O) groups excluding carboxylic acids is 1. The van der Waals surface area contributed by atoms with E-state index in [1.54, 1.807) is 24.8 Å². The fourth-order valence-corrected chi connectivity index (χ4v) is 4.42. The molecule has 0 aliphatic carbocycles. The molecule has 1 aromatic heterocycles. The topological polar surface area (TPSA) is 100 Å². The van der Waals surface area contributed by atoms with Gasteiger partial charge in [-0.05, 0) is 63.5 Å². The number of hydrogen-bond donors (Lipinski definition) is 1. The molecule has 11 heteroatoms. The number of halogens is 2. The summed E-state index contributed by atoms with van der Waals surface area (Å²) in [5.41, 5.74) is 2.58. The average molecular weight is 549 g/mol. The SMILES string of the molecule is CCCOC(=O)C1=C(C)Nc2nnnn2C1c1cc(Br)c(OCc2ccccc2Cl)c(OC)c1. The maximum Gasteiger partial charge on any atom is 0.338 e. The summed E-state index contributed by atoms with van der Waals surface area (Å²) in [6.45, 7) is 4.30. The Kier molecular flexibility index (Phi) is 7.38. The molecule has 0 radical (unpaired) electrons. The molecule has 3 aromatic rings. The second kappa shape index (κ2) is 10.4. The molecule has 0 spiro atoms. The molecule has 1 N–H and O–H groups in total. The lowest BCUT2D eigenvalue weighted by Crippen LogP contribution is -2.30. The second-order valence-electron chi connectivity index (χ2n) is 7.56. The number of carbonyl (C=O) groups is 1. The van der Waals surface area contributed by atoms with Gasteiger partial charge >= 0.3 is 5.97 Å². The molecule has 178 valence electrons. The lowest BCUT2D eigenvalue weighted by molar-refractivity contribution is -0.139. The number of hydrogen-bond acceptors (Lipinski definition) is 8. The molecule has 4 rings (SSSR count). The third-order valence-electron chi connectivity index (χ3n) is 5.27. The number of fused-ring (bicyclic) bond motifs is 1. The van der Waals surface area contributed by atoms with E-state index < -0.39 is 12.0 Å². The highest BCUT2D eigenvalue weighted by atomic mass is 79.9. The summed E-state index contributed by atoms with van der Waals surface area (Å²) in [6.07, 6.45) is 0.711. The summed E-state index contributed by atoms with van der Waals surface area (Å²) in [4.78, 5) is 13.0. The van der Waals surface area contributed by atoms with Gasteiger partial charge in [0.15, 0.2) is 11.5 Å². The van der Waals surface area contributed by atoms with Crippen molar-refractivity contribution in [3.8, 4) is 11.5 Å². The third-order valence-corrected chi connectivity index (χ3v) is 6.23. The van der Waals surface area contributed by atoms with E-state index in [4.69, 9.17) is 25.8 Å². The Morgan fingerprint density at radius 2 is 2.09 bits per heavy atom. The molecule has 1 unspecified atom stereocenters. The van der Waals surface area contributed by atoms with E-state index in [1.807, 2.05) is 37.3 Å². The van der Waals surface area contributed by atoms with Crippen LogP contribution < -0.4 is 14.8 Å². The molecule has 34 heavy (non-hydrogen) atoms. The minimum Gasteiger partial charge on any atom is -0.493 e. The highest BCUT2D eigenvalue weighted by Crippen LogP contribution is 2.43. The number of anilines is 1. The van der Waals surface area contributed by atoms with Crippen LogP contribution in [0.2, 0.25) is 5.02 Å². The fourth-order valence-electron chi connectivity index (χ4n) is 3.66. The summed E-state index contributed by atoms with van der Waals surface area (Å²) < 4.78 is 19.3. The normalized spacial score (nSPS) is 14.9. The van der Waals surface area contributed by atoms with Gasteiger partial charge in [-0.25, -0.2) is 4.79 Å². The fraction of sp³-hybridized carbons (Fsp3) is 0.304. The van der Waals surface area contributed by atoms with Crippen LogP contribution in [0.5, 0.6) is 11.5 Å². The highest BCUT2D eigenvalue weighted by molar-refractivity contribution is 9.10. The van der Waals surface area contributed by atoms with Gasteiger partial charge in [0.25, 0.3) is 0 Å². The van der Waals surface area contributed by atoms with Gasteiger partial charge in [0, 0.05) is 16.3 Å². The number of nitrogens with zero attached hydrogens (tertiary/aromatic N) is 4. The van der Waals surface area contributed by atoms with Crippen LogP contribution in [0.3, 0.4) is 0 Å². The van der Waals surface area contributed by atoms with Crippen LogP contribution in [0.25, 0.3) is 0 Å². The number of tetrazole rings is 1. The van der Waals surface area contributed by atoms with Crippen molar-refractivity contribution in [1.29, 1.82) is 0 Å². The van der Waals surface area contributed by atoms with E-state index in [-0.39, 0.29) is 6.61 Å². The minimum atomic E-state index is -0.626. The number of nitrogens with one attached hydrogen (secondary N) is 1. The van der Waals surface area contributed by atoms with Crippen LogP contribution in [-0.4, -0.2) is 39.9 Å². The summed E-state index contributed by atoms with van der Waals surface area (Å²) in [5.74, 6) is 0.965. The zero-order valence-corrected chi connectivity index (χ0v) is 21.2. The molecule has 0 fully saturated rings. The first kappa shape index (κ1) is 24.0. The number of rotatable bonds is 8. The van der Waals surface area contributed by atoms with Crippen LogP contribution in [0.15, 0.2) is 52.1 Å². The Morgan fingerprint density at radius 1 is 1.29 bits per heavy atom. The first-order chi connectivity index (χ1) is 16.4. The van der Waals surface area contributed by atoms with E-state index in [2.05, 4.69) is 36.8 Å². The van der Waals surface area contributed by atoms with Gasteiger partial charge in [-0.15, -0.1) is 0 Å². The molecular formula is C23H23BrClN5O4. The van der Waals surface area contributed by atoms with E-state index in [1.165, 1.54) is 0 Å². The standard InChI is InChI=1S/C23H23BrClN5O4/c1-4-9-33-22(31)19-13(2)26-23-27-28-29-30(23)20(19)15-10-16(24)21(18(11-15)32-3)34-12-14-7-5-6-8-17(14)25/h5-8,10-11,20H,4,9,12H2,1-3H3,(H,26,27,29). The maximum absolute atomic E-state index is 13.0. The molecule has 0 bridgehead atoms. The van der Waals surface area contributed by atoms with E-state index >= 15 is 0 Å². The molecule has 1 aliphatic rings. The number of esters is 1. The van der Waals surface area contributed by atoms with Crippen LogP contribution in [0.4, 0.5) is 5.95 Å². The Hall–Kier alpha value is -3.11. The third kappa shape index (κ3) is 4.74. The van der Waals surface area contributed by atoms with Crippen molar-refractivity contribution in [2.45, 2.75) is 32.9 Å². The van der Waals surface area contributed by atoms with Crippen molar-refractivity contribution >= 4 is 39.4 Å². The number of allylic oxidation sites excluding steroid dienone is 1. The van der Waals surface area contributed by atoms with Crippen molar-refractivity contribution in [2.24, 2.45) is 0 Å². The number of aromatic nitrogens is 4. The van der Waals surface area contributed by atoms with E-state index in [9.17, 15) is 4.79 Å². The van der Waals surface area contributed by atoms with Crippen LogP contribution >= 0.6 is 27.5 Å².